The van der Waals surface area contributed by atoms with Crippen LogP contribution in [0.2, 0.25) is 0 Å². The summed E-state index contributed by atoms with van der Waals surface area (Å²) in [6.07, 6.45) is 2.25. The molecule has 0 spiro atoms. The van der Waals surface area contributed by atoms with Crippen molar-refractivity contribution in [2.24, 2.45) is 0 Å². The van der Waals surface area contributed by atoms with Crippen LogP contribution in [0, 0.1) is 11.6 Å². The van der Waals surface area contributed by atoms with Crippen LogP contribution in [0.25, 0.3) is 10.9 Å². The normalized spacial score (nSPS) is 21.8. The maximum absolute atomic E-state index is 14.8. The van der Waals surface area contributed by atoms with E-state index in [-0.39, 0.29) is 37.3 Å². The van der Waals surface area contributed by atoms with Crippen LogP contribution in [-0.4, -0.2) is 42.7 Å². The highest BCUT2D eigenvalue weighted by Gasteiger charge is 2.32. The number of aliphatic hydroxyl groups is 1. The second-order valence-corrected chi connectivity index (χ2v) is 7.56. The van der Waals surface area contributed by atoms with Crippen LogP contribution in [0.3, 0.4) is 0 Å². The van der Waals surface area contributed by atoms with Gasteiger partial charge in [0.15, 0.2) is 0 Å². The lowest BCUT2D eigenvalue weighted by molar-refractivity contribution is -0.121. The summed E-state index contributed by atoms with van der Waals surface area (Å²) in [4.78, 5) is 0. The third-order valence-electron chi connectivity index (χ3n) is 5.72. The highest BCUT2D eigenvalue weighted by atomic mass is 19.1. The van der Waals surface area contributed by atoms with Gasteiger partial charge in [0.1, 0.15) is 17.4 Å². The second-order valence-electron chi connectivity index (χ2n) is 7.56. The number of hydrogen-bond donors (Lipinski definition) is 1. The molecule has 0 saturated carbocycles. The van der Waals surface area contributed by atoms with Crippen LogP contribution in [0.5, 0.6) is 5.75 Å². The van der Waals surface area contributed by atoms with Crippen molar-refractivity contribution >= 4 is 10.9 Å². The van der Waals surface area contributed by atoms with Gasteiger partial charge in [0.2, 0.25) is 0 Å². The molecule has 30 heavy (non-hydrogen) atoms. The van der Waals surface area contributed by atoms with Gasteiger partial charge in [-0.3, -0.25) is 0 Å². The summed E-state index contributed by atoms with van der Waals surface area (Å²) in [5.74, 6) is -0.370. The molecule has 7 heteroatoms. The fraction of sp³-hybridized carbons (Fsp3) is 0.391. The molecule has 1 aliphatic heterocycles. The molecule has 1 aromatic heterocycles. The van der Waals surface area contributed by atoms with Crippen molar-refractivity contribution in [3.63, 3.8) is 0 Å². The molecular weight excluding hydrogens is 392 g/mol. The molecule has 0 aliphatic carbocycles. The van der Waals surface area contributed by atoms with E-state index in [9.17, 15) is 13.9 Å². The largest absolute Gasteiger partial charge is 0.497 e. The van der Waals surface area contributed by atoms with E-state index < -0.39 is 5.82 Å². The van der Waals surface area contributed by atoms with Crippen LogP contribution in [0.4, 0.5) is 8.78 Å². The smallest absolute Gasteiger partial charge is 0.147 e. The van der Waals surface area contributed by atoms with Crippen molar-refractivity contribution in [1.82, 2.24) is 4.57 Å². The zero-order valence-corrected chi connectivity index (χ0v) is 17.0. The Bertz CT molecular complexity index is 1020. The third kappa shape index (κ3) is 3.93. The maximum atomic E-state index is 14.8. The maximum Gasteiger partial charge on any atom is 0.147 e. The first kappa shape index (κ1) is 20.8. The highest BCUT2D eigenvalue weighted by molar-refractivity contribution is 5.85. The molecule has 160 valence electrons. The molecule has 0 unspecified atom stereocenters. The first-order valence-corrected chi connectivity index (χ1v) is 9.92. The van der Waals surface area contributed by atoms with Gasteiger partial charge in [-0.2, -0.15) is 0 Å². The second kappa shape index (κ2) is 8.71. The summed E-state index contributed by atoms with van der Waals surface area (Å²) < 4.78 is 47.7. The lowest BCUT2D eigenvalue weighted by atomic mass is 9.96. The molecule has 3 aromatic rings. The van der Waals surface area contributed by atoms with E-state index >= 15 is 0 Å². The molecule has 5 nitrogen and oxygen atoms in total. The minimum absolute atomic E-state index is 0.0631. The Hall–Kier alpha value is -2.48. The average molecular weight is 417 g/mol. The third-order valence-corrected chi connectivity index (χ3v) is 5.72. The first-order chi connectivity index (χ1) is 14.5. The minimum Gasteiger partial charge on any atom is -0.497 e. The van der Waals surface area contributed by atoms with Crippen LogP contribution in [0.1, 0.15) is 30.1 Å². The lowest BCUT2D eigenvalue weighted by Gasteiger charge is -2.34. The number of aromatic nitrogens is 1. The van der Waals surface area contributed by atoms with Crippen molar-refractivity contribution in [2.75, 3.05) is 20.8 Å². The molecule has 1 saturated heterocycles. The number of aliphatic hydroxyl groups excluding tert-OH is 1. The van der Waals surface area contributed by atoms with Crippen LogP contribution in [-0.2, 0) is 16.0 Å². The zero-order chi connectivity index (χ0) is 21.3. The molecular formula is C23H25F2NO4. The summed E-state index contributed by atoms with van der Waals surface area (Å²) in [5.41, 5.74) is 1.63. The van der Waals surface area contributed by atoms with Gasteiger partial charge in [-0.1, -0.05) is 18.2 Å². The van der Waals surface area contributed by atoms with Crippen molar-refractivity contribution in [3.8, 4) is 5.75 Å². The number of ether oxygens (including phenoxy) is 3. The van der Waals surface area contributed by atoms with E-state index in [4.69, 9.17) is 14.2 Å². The Morgan fingerprint density at radius 1 is 1.13 bits per heavy atom. The topological polar surface area (TPSA) is 52.9 Å². The fourth-order valence-corrected chi connectivity index (χ4v) is 4.17. The highest BCUT2D eigenvalue weighted by Crippen LogP contribution is 2.38. The van der Waals surface area contributed by atoms with Crippen LogP contribution < -0.4 is 4.74 Å². The fourth-order valence-electron chi connectivity index (χ4n) is 4.17. The van der Waals surface area contributed by atoms with Crippen LogP contribution >= 0.6 is 0 Å². The Kier molecular flexibility index (Phi) is 6.04. The molecule has 1 N–H and O–H groups in total. The molecule has 2 aromatic carbocycles. The average Bonchev–Trinajstić information content (AvgIpc) is 3.14. The summed E-state index contributed by atoms with van der Waals surface area (Å²) in [6, 6.07) is 9.52. The van der Waals surface area contributed by atoms with Gasteiger partial charge in [-0.15, -0.1) is 0 Å². The summed E-state index contributed by atoms with van der Waals surface area (Å²) in [5, 5.41) is 10.3. The molecule has 3 atom stereocenters. The number of fused-ring (bicyclic) bond motifs is 1. The van der Waals surface area contributed by atoms with E-state index in [1.807, 2.05) is 12.3 Å². The molecule has 0 bridgehead atoms. The Balaban J connectivity index is 1.75. The molecule has 1 fully saturated rings. The summed E-state index contributed by atoms with van der Waals surface area (Å²) >= 11 is 0. The van der Waals surface area contributed by atoms with Gasteiger partial charge < -0.3 is 23.9 Å². The minimum atomic E-state index is -0.414. The summed E-state index contributed by atoms with van der Waals surface area (Å²) in [7, 11) is 3.11. The molecule has 0 amide bonds. The number of rotatable bonds is 6. The Morgan fingerprint density at radius 2 is 1.97 bits per heavy atom. The standard InChI is InChI=1S/C23H25F2NO4/c1-28-15-7-6-14(21(25)9-15)11-26-12-19(18-4-3-5-20(24)23(18)26)22-10-16(29-2)8-17(13-27)30-22/h3-7,9,12,16-17,22,27H,8,10-11,13H2,1-2H3/t16-,17-,22+/m0/s1. The molecule has 2 heterocycles. The quantitative estimate of drug-likeness (QED) is 0.653. The number of para-hydroxylation sites is 1. The van der Waals surface area contributed by atoms with Gasteiger partial charge in [-0.25, -0.2) is 8.78 Å². The van der Waals surface area contributed by atoms with Crippen LogP contribution in [0.15, 0.2) is 42.6 Å². The summed E-state index contributed by atoms with van der Waals surface area (Å²) in [6.45, 7) is 0.0531. The monoisotopic (exact) mass is 417 g/mol. The predicted octanol–water partition coefficient (Wildman–Crippen LogP) is 4.20. The SMILES string of the molecule is COc1ccc(Cn2cc([C@H]3C[C@@H](OC)C[C@@H](CO)O3)c3cccc(F)c32)c(F)c1. The number of benzene rings is 2. The van der Waals surface area contributed by atoms with E-state index in [1.54, 1.807) is 29.9 Å². The van der Waals surface area contributed by atoms with Crippen molar-refractivity contribution in [1.29, 1.82) is 0 Å². The Morgan fingerprint density at radius 3 is 2.67 bits per heavy atom. The van der Waals surface area contributed by atoms with E-state index in [0.717, 1.165) is 5.56 Å². The van der Waals surface area contributed by atoms with Crippen molar-refractivity contribution in [3.05, 3.63) is 65.4 Å². The van der Waals surface area contributed by atoms with Gasteiger partial charge in [0.05, 0.1) is 44.1 Å². The van der Waals surface area contributed by atoms with E-state index in [2.05, 4.69) is 0 Å². The van der Waals surface area contributed by atoms with Gasteiger partial charge in [0.25, 0.3) is 0 Å². The molecule has 1 aliphatic rings. The number of hydrogen-bond acceptors (Lipinski definition) is 4. The number of methoxy groups -OCH3 is 2. The molecule has 0 radical (unpaired) electrons. The van der Waals surface area contributed by atoms with Crippen molar-refractivity contribution in [2.45, 2.75) is 37.7 Å². The van der Waals surface area contributed by atoms with Crippen molar-refractivity contribution < 1.29 is 28.1 Å². The van der Waals surface area contributed by atoms with E-state index in [0.29, 0.717) is 35.1 Å². The predicted molar refractivity (Wildman–Crippen MR) is 109 cm³/mol. The first-order valence-electron chi connectivity index (χ1n) is 9.92. The van der Waals surface area contributed by atoms with Gasteiger partial charge in [-0.05, 0) is 12.1 Å². The Labute approximate surface area is 173 Å². The number of nitrogens with zero attached hydrogens (tertiary/aromatic N) is 1. The number of halogens is 2. The lowest BCUT2D eigenvalue weighted by Crippen LogP contribution is -2.34. The van der Waals surface area contributed by atoms with E-state index in [1.165, 1.54) is 19.2 Å². The van der Waals surface area contributed by atoms with Gasteiger partial charge >= 0.3 is 0 Å². The van der Waals surface area contributed by atoms with Gasteiger partial charge in [0, 0.05) is 48.7 Å². The zero-order valence-electron chi connectivity index (χ0n) is 17.0. The molecule has 4 rings (SSSR count).